The summed E-state index contributed by atoms with van der Waals surface area (Å²) < 4.78 is 0. The van der Waals surface area contributed by atoms with E-state index in [1.165, 1.54) is 5.56 Å². The highest BCUT2D eigenvalue weighted by Gasteiger charge is 2.07. The van der Waals surface area contributed by atoms with Crippen molar-refractivity contribution in [3.63, 3.8) is 0 Å². The Labute approximate surface area is 105 Å². The van der Waals surface area contributed by atoms with Gasteiger partial charge in [0.05, 0.1) is 11.8 Å². The van der Waals surface area contributed by atoms with E-state index in [9.17, 15) is 5.11 Å². The molecule has 0 fully saturated rings. The van der Waals surface area contributed by atoms with Gasteiger partial charge < -0.3 is 10.4 Å². The number of nitrogens with zero attached hydrogens (tertiary/aromatic N) is 1. The Balaban J connectivity index is 1.82. The van der Waals surface area contributed by atoms with E-state index >= 15 is 0 Å². The van der Waals surface area contributed by atoms with Crippen LogP contribution in [0.5, 0.6) is 0 Å². The minimum absolute atomic E-state index is 0.440. The number of rotatable bonds is 5. The van der Waals surface area contributed by atoms with Crippen LogP contribution in [0.15, 0.2) is 35.2 Å². The molecule has 0 saturated heterocycles. The average Bonchev–Trinajstić information content (AvgIpc) is 2.85. The van der Waals surface area contributed by atoms with Crippen LogP contribution in [0.1, 0.15) is 22.9 Å². The summed E-state index contributed by atoms with van der Waals surface area (Å²) in [4.78, 5) is 4.30. The predicted molar refractivity (Wildman–Crippen MR) is 70.0 cm³/mol. The summed E-state index contributed by atoms with van der Waals surface area (Å²) in [6.45, 7) is 3.28. The third-order valence-electron chi connectivity index (χ3n) is 2.68. The molecular formula is C13H16N2OS. The molecule has 0 aliphatic heterocycles. The monoisotopic (exact) mass is 248 g/mol. The first-order chi connectivity index (χ1) is 8.27. The van der Waals surface area contributed by atoms with Gasteiger partial charge in [0, 0.05) is 19.3 Å². The van der Waals surface area contributed by atoms with E-state index < -0.39 is 6.10 Å². The highest BCUT2D eigenvalue weighted by Crippen LogP contribution is 2.15. The Morgan fingerprint density at radius 2 is 2.35 bits per heavy atom. The highest BCUT2D eigenvalue weighted by molar-refractivity contribution is 7.07. The predicted octanol–water partition coefficient (Wildman–Crippen LogP) is 2.27. The zero-order valence-corrected chi connectivity index (χ0v) is 10.6. The van der Waals surface area contributed by atoms with E-state index in [1.807, 2.05) is 35.9 Å². The van der Waals surface area contributed by atoms with Gasteiger partial charge in [-0.1, -0.05) is 6.07 Å². The summed E-state index contributed by atoms with van der Waals surface area (Å²) in [5.41, 5.74) is 3.18. The Morgan fingerprint density at radius 1 is 1.47 bits per heavy atom. The third kappa shape index (κ3) is 3.36. The average molecular weight is 248 g/mol. The summed E-state index contributed by atoms with van der Waals surface area (Å²) in [6.07, 6.45) is 1.35. The normalized spacial score (nSPS) is 12.6. The summed E-state index contributed by atoms with van der Waals surface area (Å²) >= 11 is 1.60. The molecule has 0 amide bonds. The van der Waals surface area contributed by atoms with Gasteiger partial charge in [0.15, 0.2) is 0 Å². The van der Waals surface area contributed by atoms with Gasteiger partial charge in [0.25, 0.3) is 0 Å². The number of hydrogen-bond acceptors (Lipinski definition) is 4. The molecule has 0 radical (unpaired) electrons. The largest absolute Gasteiger partial charge is 0.387 e. The van der Waals surface area contributed by atoms with E-state index in [4.69, 9.17) is 0 Å². The van der Waals surface area contributed by atoms with Gasteiger partial charge in [-0.15, -0.1) is 0 Å². The molecule has 2 aromatic heterocycles. The lowest BCUT2D eigenvalue weighted by Gasteiger charge is -2.11. The standard InChI is InChI=1S/C13H16N2OS/c1-10-3-2-5-15-12(10)7-14-8-13(16)11-4-6-17-9-11/h2-6,9,13-14,16H,7-8H2,1H3. The molecule has 90 valence electrons. The van der Waals surface area contributed by atoms with Crippen LogP contribution in [0.25, 0.3) is 0 Å². The van der Waals surface area contributed by atoms with Crippen LogP contribution in [0.2, 0.25) is 0 Å². The molecule has 0 aromatic carbocycles. The highest BCUT2D eigenvalue weighted by atomic mass is 32.1. The number of hydrogen-bond donors (Lipinski definition) is 2. The van der Waals surface area contributed by atoms with E-state index in [2.05, 4.69) is 10.3 Å². The molecule has 4 heteroatoms. The number of nitrogens with one attached hydrogen (secondary N) is 1. The van der Waals surface area contributed by atoms with Crippen LogP contribution in [-0.4, -0.2) is 16.6 Å². The first kappa shape index (κ1) is 12.2. The van der Waals surface area contributed by atoms with Gasteiger partial charge in [0.2, 0.25) is 0 Å². The van der Waals surface area contributed by atoms with Gasteiger partial charge in [-0.05, 0) is 40.9 Å². The first-order valence-corrected chi connectivity index (χ1v) is 6.53. The van der Waals surface area contributed by atoms with Crippen molar-refractivity contribution >= 4 is 11.3 Å². The molecule has 0 bridgehead atoms. The lowest BCUT2D eigenvalue weighted by atomic mass is 10.2. The molecule has 2 aromatic rings. The van der Waals surface area contributed by atoms with Gasteiger partial charge in [0.1, 0.15) is 0 Å². The van der Waals surface area contributed by atoms with Crippen molar-refractivity contribution in [2.75, 3.05) is 6.54 Å². The fourth-order valence-corrected chi connectivity index (χ4v) is 2.32. The second-order valence-corrected chi connectivity index (χ2v) is 4.75. The third-order valence-corrected chi connectivity index (χ3v) is 3.38. The molecule has 17 heavy (non-hydrogen) atoms. The van der Waals surface area contributed by atoms with Crippen molar-refractivity contribution in [3.8, 4) is 0 Å². The maximum atomic E-state index is 9.88. The minimum atomic E-state index is -0.440. The summed E-state index contributed by atoms with van der Waals surface area (Å²) in [5.74, 6) is 0. The Kier molecular flexibility index (Phi) is 4.25. The maximum absolute atomic E-state index is 9.88. The van der Waals surface area contributed by atoms with Crippen molar-refractivity contribution in [1.82, 2.24) is 10.3 Å². The summed E-state index contributed by atoms with van der Waals surface area (Å²) in [7, 11) is 0. The van der Waals surface area contributed by atoms with Crippen molar-refractivity contribution in [2.24, 2.45) is 0 Å². The molecule has 0 spiro atoms. The van der Waals surface area contributed by atoms with Crippen LogP contribution in [0, 0.1) is 6.92 Å². The molecule has 2 rings (SSSR count). The van der Waals surface area contributed by atoms with E-state index in [0.717, 1.165) is 11.3 Å². The molecule has 0 saturated carbocycles. The van der Waals surface area contributed by atoms with Gasteiger partial charge in [-0.2, -0.15) is 11.3 Å². The Bertz CT molecular complexity index is 456. The fraction of sp³-hybridized carbons (Fsp3) is 0.308. The van der Waals surface area contributed by atoms with Gasteiger partial charge >= 0.3 is 0 Å². The molecule has 2 N–H and O–H groups in total. The summed E-state index contributed by atoms with van der Waals surface area (Å²) in [5, 5.41) is 17.0. The zero-order chi connectivity index (χ0) is 12.1. The van der Waals surface area contributed by atoms with Crippen LogP contribution in [0.4, 0.5) is 0 Å². The second kappa shape index (κ2) is 5.91. The number of aryl methyl sites for hydroxylation is 1. The Hall–Kier alpha value is -1.23. The van der Waals surface area contributed by atoms with Crippen molar-refractivity contribution in [2.45, 2.75) is 19.6 Å². The molecule has 1 unspecified atom stereocenters. The number of pyridine rings is 1. The quantitative estimate of drug-likeness (QED) is 0.853. The van der Waals surface area contributed by atoms with Crippen LogP contribution >= 0.6 is 11.3 Å². The van der Waals surface area contributed by atoms with Gasteiger partial charge in [-0.3, -0.25) is 4.98 Å². The van der Waals surface area contributed by atoms with E-state index in [1.54, 1.807) is 17.5 Å². The zero-order valence-electron chi connectivity index (χ0n) is 9.76. The molecular weight excluding hydrogens is 232 g/mol. The smallest absolute Gasteiger partial charge is 0.0922 e. The van der Waals surface area contributed by atoms with Crippen molar-refractivity contribution in [1.29, 1.82) is 0 Å². The first-order valence-electron chi connectivity index (χ1n) is 5.59. The SMILES string of the molecule is Cc1cccnc1CNCC(O)c1ccsc1. The van der Waals surface area contributed by atoms with E-state index in [-0.39, 0.29) is 0 Å². The lowest BCUT2D eigenvalue weighted by Crippen LogP contribution is -2.21. The Morgan fingerprint density at radius 3 is 3.06 bits per heavy atom. The molecule has 0 aliphatic carbocycles. The maximum Gasteiger partial charge on any atom is 0.0922 e. The topological polar surface area (TPSA) is 45.2 Å². The fourth-order valence-electron chi connectivity index (χ4n) is 1.61. The van der Waals surface area contributed by atoms with Crippen molar-refractivity contribution < 1.29 is 5.11 Å². The second-order valence-electron chi connectivity index (χ2n) is 3.97. The van der Waals surface area contributed by atoms with Gasteiger partial charge in [-0.25, -0.2) is 0 Å². The number of aromatic nitrogens is 1. The molecule has 0 aliphatic rings. The molecule has 3 nitrogen and oxygen atoms in total. The molecule has 1 atom stereocenters. The molecule has 2 heterocycles. The minimum Gasteiger partial charge on any atom is -0.387 e. The number of aliphatic hydroxyl groups is 1. The number of thiophene rings is 1. The summed E-state index contributed by atoms with van der Waals surface area (Å²) in [6, 6.07) is 5.92. The van der Waals surface area contributed by atoms with Crippen molar-refractivity contribution in [3.05, 3.63) is 52.0 Å². The van der Waals surface area contributed by atoms with Crippen LogP contribution < -0.4 is 5.32 Å². The van der Waals surface area contributed by atoms with E-state index in [0.29, 0.717) is 13.1 Å². The van der Waals surface area contributed by atoms with Crippen LogP contribution in [0.3, 0.4) is 0 Å². The van der Waals surface area contributed by atoms with Crippen LogP contribution in [-0.2, 0) is 6.54 Å². The number of aliphatic hydroxyl groups excluding tert-OH is 1. The lowest BCUT2D eigenvalue weighted by molar-refractivity contribution is 0.174.